The first-order valence-electron chi connectivity index (χ1n) is 10.6. The highest BCUT2D eigenvalue weighted by molar-refractivity contribution is 5.68. The highest BCUT2D eigenvalue weighted by Crippen LogP contribution is 2.48. The van der Waals surface area contributed by atoms with E-state index < -0.39 is 0 Å². The smallest absolute Gasteiger partial charge is 0.182 e. The molecule has 1 spiro atoms. The van der Waals surface area contributed by atoms with Crippen molar-refractivity contribution in [1.29, 1.82) is 0 Å². The van der Waals surface area contributed by atoms with Crippen LogP contribution in [0.1, 0.15) is 42.5 Å². The number of rotatable bonds is 3. The molecule has 5 rings (SSSR count). The van der Waals surface area contributed by atoms with E-state index in [0.29, 0.717) is 0 Å². The number of piperidine rings is 1. The molecule has 29 heavy (non-hydrogen) atoms. The molecule has 0 radical (unpaired) electrons. The second-order valence-electron chi connectivity index (χ2n) is 8.26. The number of benzene rings is 2. The second-order valence-corrected chi connectivity index (χ2v) is 8.26. The first-order valence-corrected chi connectivity index (χ1v) is 10.6. The molecule has 3 aliphatic heterocycles. The third-order valence-corrected chi connectivity index (χ3v) is 6.55. The van der Waals surface area contributed by atoms with Crippen LogP contribution in [-0.2, 0) is 0 Å². The van der Waals surface area contributed by atoms with Crippen molar-refractivity contribution in [3.8, 4) is 11.5 Å². The van der Waals surface area contributed by atoms with Gasteiger partial charge >= 0.3 is 0 Å². The zero-order valence-electron chi connectivity index (χ0n) is 17.4. The van der Waals surface area contributed by atoms with E-state index >= 15 is 0 Å². The Bertz CT molecular complexity index is 930. The molecule has 1 atom stereocenters. The monoisotopic (exact) mass is 391 g/mol. The minimum atomic E-state index is -0.316. The zero-order chi connectivity index (χ0) is 20.0. The average Bonchev–Trinajstić information content (AvgIpc) is 3.22. The third kappa shape index (κ3) is 3.09. The number of nitrogens with one attached hydrogen (secondary N) is 1. The van der Waals surface area contributed by atoms with E-state index in [1.807, 2.05) is 12.1 Å². The van der Waals surface area contributed by atoms with Gasteiger partial charge in [-0.3, -0.25) is 0 Å². The van der Waals surface area contributed by atoms with Crippen LogP contribution in [0.15, 0.2) is 48.5 Å². The van der Waals surface area contributed by atoms with E-state index in [2.05, 4.69) is 65.6 Å². The predicted molar refractivity (Wildman–Crippen MR) is 115 cm³/mol. The summed E-state index contributed by atoms with van der Waals surface area (Å²) in [5.74, 6) is 1.90. The fourth-order valence-corrected chi connectivity index (χ4v) is 4.79. The van der Waals surface area contributed by atoms with Gasteiger partial charge in [0, 0.05) is 31.5 Å². The van der Waals surface area contributed by atoms with Crippen molar-refractivity contribution in [2.45, 2.75) is 38.5 Å². The first kappa shape index (κ1) is 18.5. The molecule has 5 nitrogen and oxygen atoms in total. The van der Waals surface area contributed by atoms with E-state index in [9.17, 15) is 0 Å². The van der Waals surface area contributed by atoms with Crippen LogP contribution >= 0.6 is 0 Å². The van der Waals surface area contributed by atoms with Gasteiger partial charge in [-0.2, -0.15) is 5.01 Å². The summed E-state index contributed by atoms with van der Waals surface area (Å²) in [5, 5.41) is 2.36. The predicted octanol–water partition coefficient (Wildman–Crippen LogP) is 4.11. The molecule has 0 saturated carbocycles. The molecule has 3 aliphatic rings. The maximum Gasteiger partial charge on any atom is 0.182 e. The highest BCUT2D eigenvalue weighted by Gasteiger charge is 2.51. The van der Waals surface area contributed by atoms with Crippen LogP contribution in [-0.4, -0.2) is 42.4 Å². The number of aryl methyl sites for hydroxylation is 1. The minimum Gasteiger partial charge on any atom is -0.497 e. The second kappa shape index (κ2) is 7.08. The van der Waals surface area contributed by atoms with Crippen molar-refractivity contribution in [2.24, 2.45) is 0 Å². The van der Waals surface area contributed by atoms with Crippen molar-refractivity contribution in [1.82, 2.24) is 15.3 Å². The molecular weight excluding hydrogens is 362 g/mol. The fourth-order valence-electron chi connectivity index (χ4n) is 4.79. The van der Waals surface area contributed by atoms with Crippen LogP contribution in [0.4, 0.5) is 0 Å². The summed E-state index contributed by atoms with van der Waals surface area (Å²) >= 11 is 0. The zero-order valence-corrected chi connectivity index (χ0v) is 17.4. The quantitative estimate of drug-likeness (QED) is 0.852. The van der Waals surface area contributed by atoms with Crippen LogP contribution in [0, 0.1) is 6.92 Å². The van der Waals surface area contributed by atoms with Gasteiger partial charge in [-0.25, -0.2) is 0 Å². The lowest BCUT2D eigenvalue weighted by Crippen LogP contribution is -2.63. The molecular formula is C24H29N3O2. The van der Waals surface area contributed by atoms with Gasteiger partial charge in [-0.05, 0) is 55.4 Å². The number of fused-ring (bicyclic) bond motifs is 4. The molecule has 1 fully saturated rings. The summed E-state index contributed by atoms with van der Waals surface area (Å²) in [4.78, 5) is 2.50. The van der Waals surface area contributed by atoms with Crippen molar-refractivity contribution in [3.63, 3.8) is 0 Å². The van der Waals surface area contributed by atoms with Crippen LogP contribution in [0.2, 0.25) is 0 Å². The summed E-state index contributed by atoms with van der Waals surface area (Å²) in [6.45, 7) is 7.59. The first-order chi connectivity index (χ1) is 14.1. The Morgan fingerprint density at radius 3 is 2.59 bits per heavy atom. The molecule has 1 N–H and O–H groups in total. The van der Waals surface area contributed by atoms with Gasteiger partial charge in [0.1, 0.15) is 11.5 Å². The maximum absolute atomic E-state index is 6.73. The summed E-state index contributed by atoms with van der Waals surface area (Å²) in [6.07, 6.45) is 4.32. The van der Waals surface area contributed by atoms with Gasteiger partial charge in [0.2, 0.25) is 0 Å². The fraction of sp³-hybridized carbons (Fsp3) is 0.417. The van der Waals surface area contributed by atoms with E-state index in [1.165, 1.54) is 11.1 Å². The topological polar surface area (TPSA) is 37.0 Å². The number of hydrazine groups is 1. The maximum atomic E-state index is 6.73. The van der Waals surface area contributed by atoms with Crippen LogP contribution < -0.4 is 14.9 Å². The molecule has 2 aromatic rings. The molecule has 1 saturated heterocycles. The van der Waals surface area contributed by atoms with Crippen molar-refractivity contribution in [3.05, 3.63) is 65.2 Å². The summed E-state index contributed by atoms with van der Waals surface area (Å²) in [6, 6.07) is 15.0. The Kier molecular flexibility index (Phi) is 4.52. The lowest BCUT2D eigenvalue weighted by atomic mass is 9.92. The van der Waals surface area contributed by atoms with E-state index in [-0.39, 0.29) is 11.8 Å². The Hall–Kier alpha value is -2.50. The Morgan fingerprint density at radius 2 is 1.90 bits per heavy atom. The Labute approximate surface area is 172 Å². The molecule has 5 heteroatoms. The largest absolute Gasteiger partial charge is 0.497 e. The SMILES string of the molecule is CCN1CCC2(CC1)Oc1ccc(C)cc1[C@H]1C=C(c3ccc(OC)cc3)NN12. The lowest BCUT2D eigenvalue weighted by molar-refractivity contribution is -0.159. The van der Waals surface area contributed by atoms with Gasteiger partial charge in [-0.15, -0.1) is 0 Å². The number of likely N-dealkylation sites (tertiary alicyclic amines) is 1. The number of hydrogen-bond donors (Lipinski definition) is 1. The molecule has 3 heterocycles. The van der Waals surface area contributed by atoms with Crippen LogP contribution in [0.3, 0.4) is 0 Å². The molecule has 0 aliphatic carbocycles. The van der Waals surface area contributed by atoms with E-state index in [0.717, 1.165) is 55.2 Å². The molecule has 0 aromatic heterocycles. The number of ether oxygens (including phenoxy) is 2. The Balaban J connectivity index is 1.53. The number of hydrogen-bond acceptors (Lipinski definition) is 5. The minimum absolute atomic E-state index is 0.170. The Morgan fingerprint density at radius 1 is 1.14 bits per heavy atom. The van der Waals surface area contributed by atoms with Crippen molar-refractivity contribution >= 4 is 5.70 Å². The van der Waals surface area contributed by atoms with Crippen LogP contribution in [0.5, 0.6) is 11.5 Å². The van der Waals surface area contributed by atoms with Gasteiger partial charge in [-0.1, -0.05) is 24.6 Å². The van der Waals surface area contributed by atoms with Gasteiger partial charge < -0.3 is 19.8 Å². The van der Waals surface area contributed by atoms with Gasteiger partial charge in [0.05, 0.1) is 18.8 Å². The third-order valence-electron chi connectivity index (χ3n) is 6.55. The van der Waals surface area contributed by atoms with E-state index in [4.69, 9.17) is 9.47 Å². The molecule has 0 bridgehead atoms. The van der Waals surface area contributed by atoms with Crippen LogP contribution in [0.25, 0.3) is 5.70 Å². The summed E-state index contributed by atoms with van der Waals surface area (Å²) < 4.78 is 12.0. The average molecular weight is 392 g/mol. The molecule has 2 aromatic carbocycles. The normalized spacial score (nSPS) is 23.0. The summed E-state index contributed by atoms with van der Waals surface area (Å²) in [7, 11) is 1.70. The van der Waals surface area contributed by atoms with E-state index in [1.54, 1.807) is 7.11 Å². The van der Waals surface area contributed by atoms with Crippen molar-refractivity contribution < 1.29 is 9.47 Å². The van der Waals surface area contributed by atoms with Gasteiger partial charge in [0.25, 0.3) is 0 Å². The van der Waals surface area contributed by atoms with Crippen molar-refractivity contribution in [2.75, 3.05) is 26.7 Å². The highest BCUT2D eigenvalue weighted by atomic mass is 16.5. The molecule has 152 valence electrons. The number of nitrogens with zero attached hydrogens (tertiary/aromatic N) is 2. The molecule has 0 unspecified atom stereocenters. The lowest BCUT2D eigenvalue weighted by Gasteiger charge is -2.51. The van der Waals surface area contributed by atoms with Gasteiger partial charge in [0.15, 0.2) is 5.72 Å². The standard InChI is InChI=1S/C24H29N3O2/c1-4-26-13-11-24(12-14-26)27-22(20-15-17(2)5-10-23(20)29-24)16-21(25-27)18-6-8-19(28-3)9-7-18/h5-10,15-16,22,25H,4,11-14H2,1-3H3/t22-/m1/s1. The molecule has 0 amide bonds. The summed E-state index contributed by atoms with van der Waals surface area (Å²) in [5.41, 5.74) is 8.19. The number of methoxy groups -OCH3 is 1.